The van der Waals surface area contributed by atoms with Crippen LogP contribution in [-0.4, -0.2) is 24.8 Å². The minimum atomic E-state index is 0.531. The first-order chi connectivity index (χ1) is 6.25. The monoisotopic (exact) mass is 183 g/mol. The van der Waals surface area contributed by atoms with E-state index < -0.39 is 0 Å². The third-order valence-corrected chi connectivity index (χ3v) is 3.17. The highest BCUT2D eigenvalue weighted by atomic mass is 16.5. The molecule has 2 rings (SSSR count). The SMILES string of the molecule is CC(C)CC1COC2CCCC2N1. The molecule has 1 aliphatic carbocycles. The molecule has 0 amide bonds. The van der Waals surface area contributed by atoms with Gasteiger partial charge in [-0.15, -0.1) is 0 Å². The number of hydrogen-bond donors (Lipinski definition) is 1. The minimum absolute atomic E-state index is 0.531. The zero-order chi connectivity index (χ0) is 9.26. The van der Waals surface area contributed by atoms with E-state index in [1.165, 1.54) is 25.7 Å². The van der Waals surface area contributed by atoms with Crippen LogP contribution in [0.25, 0.3) is 0 Å². The average Bonchev–Trinajstić information content (AvgIpc) is 2.49. The van der Waals surface area contributed by atoms with Crippen molar-refractivity contribution in [3.8, 4) is 0 Å². The fraction of sp³-hybridized carbons (Fsp3) is 1.00. The highest BCUT2D eigenvalue weighted by Gasteiger charge is 2.34. The van der Waals surface area contributed by atoms with Gasteiger partial charge in [0.25, 0.3) is 0 Å². The summed E-state index contributed by atoms with van der Waals surface area (Å²) < 4.78 is 5.85. The molecule has 1 saturated heterocycles. The molecule has 1 N–H and O–H groups in total. The van der Waals surface area contributed by atoms with Gasteiger partial charge < -0.3 is 10.1 Å². The number of morpholine rings is 1. The molecule has 3 atom stereocenters. The van der Waals surface area contributed by atoms with Crippen molar-refractivity contribution < 1.29 is 4.74 Å². The molecule has 76 valence electrons. The Bertz CT molecular complexity index is 169. The summed E-state index contributed by atoms with van der Waals surface area (Å²) in [7, 11) is 0. The first-order valence-corrected chi connectivity index (χ1v) is 5.63. The molecular weight excluding hydrogens is 162 g/mol. The lowest BCUT2D eigenvalue weighted by atomic mass is 10.0. The van der Waals surface area contributed by atoms with E-state index in [0.717, 1.165) is 12.5 Å². The van der Waals surface area contributed by atoms with E-state index in [1.807, 2.05) is 0 Å². The molecule has 0 bridgehead atoms. The number of ether oxygens (including phenoxy) is 1. The summed E-state index contributed by atoms with van der Waals surface area (Å²) in [5.41, 5.74) is 0. The summed E-state index contributed by atoms with van der Waals surface area (Å²) in [6, 6.07) is 1.27. The summed E-state index contributed by atoms with van der Waals surface area (Å²) in [4.78, 5) is 0. The molecule has 0 aromatic heterocycles. The van der Waals surface area contributed by atoms with Crippen molar-refractivity contribution in [1.29, 1.82) is 0 Å². The summed E-state index contributed by atoms with van der Waals surface area (Å²) >= 11 is 0. The zero-order valence-electron chi connectivity index (χ0n) is 8.75. The highest BCUT2D eigenvalue weighted by molar-refractivity contribution is 4.90. The van der Waals surface area contributed by atoms with Gasteiger partial charge in [-0.2, -0.15) is 0 Å². The molecule has 2 nitrogen and oxygen atoms in total. The largest absolute Gasteiger partial charge is 0.375 e. The maximum Gasteiger partial charge on any atom is 0.0728 e. The Morgan fingerprint density at radius 1 is 1.38 bits per heavy atom. The number of hydrogen-bond acceptors (Lipinski definition) is 2. The van der Waals surface area contributed by atoms with Crippen LogP contribution in [0.5, 0.6) is 0 Å². The quantitative estimate of drug-likeness (QED) is 0.706. The lowest BCUT2D eigenvalue weighted by molar-refractivity contribution is -0.0174. The van der Waals surface area contributed by atoms with Gasteiger partial charge in [0.2, 0.25) is 0 Å². The van der Waals surface area contributed by atoms with Gasteiger partial charge in [-0.1, -0.05) is 13.8 Å². The number of nitrogens with one attached hydrogen (secondary N) is 1. The molecular formula is C11H21NO. The normalized spacial score (nSPS) is 39.5. The van der Waals surface area contributed by atoms with E-state index in [1.54, 1.807) is 0 Å². The standard InChI is InChI=1S/C11H21NO/c1-8(2)6-9-7-13-11-5-3-4-10(11)12-9/h8-12H,3-7H2,1-2H3. The van der Waals surface area contributed by atoms with E-state index >= 15 is 0 Å². The molecule has 2 aliphatic rings. The first kappa shape index (κ1) is 9.47. The lowest BCUT2D eigenvalue weighted by Crippen LogP contribution is -2.51. The molecule has 13 heavy (non-hydrogen) atoms. The Hall–Kier alpha value is -0.0800. The zero-order valence-corrected chi connectivity index (χ0v) is 8.75. The van der Waals surface area contributed by atoms with Crippen LogP contribution in [0.1, 0.15) is 39.5 Å². The van der Waals surface area contributed by atoms with E-state index in [4.69, 9.17) is 4.74 Å². The molecule has 2 fully saturated rings. The Kier molecular flexibility index (Phi) is 2.89. The second kappa shape index (κ2) is 3.97. The number of fused-ring (bicyclic) bond motifs is 1. The minimum Gasteiger partial charge on any atom is -0.375 e. The second-order valence-corrected chi connectivity index (χ2v) is 4.90. The fourth-order valence-electron chi connectivity index (χ4n) is 2.61. The van der Waals surface area contributed by atoms with Crippen molar-refractivity contribution in [2.24, 2.45) is 5.92 Å². The van der Waals surface area contributed by atoms with Crippen molar-refractivity contribution in [2.75, 3.05) is 6.61 Å². The Balaban J connectivity index is 1.83. The summed E-state index contributed by atoms with van der Waals surface area (Å²) in [6.07, 6.45) is 5.72. The lowest BCUT2D eigenvalue weighted by Gasteiger charge is -2.34. The summed E-state index contributed by atoms with van der Waals surface area (Å²) in [5, 5.41) is 3.72. The van der Waals surface area contributed by atoms with Crippen LogP contribution in [0, 0.1) is 5.92 Å². The van der Waals surface area contributed by atoms with E-state index in [2.05, 4.69) is 19.2 Å². The van der Waals surface area contributed by atoms with Crippen molar-refractivity contribution in [3.05, 3.63) is 0 Å². The number of rotatable bonds is 2. The highest BCUT2D eigenvalue weighted by Crippen LogP contribution is 2.26. The smallest absolute Gasteiger partial charge is 0.0728 e. The average molecular weight is 183 g/mol. The molecule has 3 unspecified atom stereocenters. The van der Waals surface area contributed by atoms with E-state index in [9.17, 15) is 0 Å². The van der Waals surface area contributed by atoms with Crippen molar-refractivity contribution in [1.82, 2.24) is 5.32 Å². The molecule has 0 aromatic carbocycles. The molecule has 0 aromatic rings. The predicted octanol–water partition coefficient (Wildman–Crippen LogP) is 1.94. The maximum absolute atomic E-state index is 5.85. The van der Waals surface area contributed by atoms with Crippen molar-refractivity contribution in [2.45, 2.75) is 57.7 Å². The first-order valence-electron chi connectivity index (χ1n) is 5.63. The van der Waals surface area contributed by atoms with Crippen LogP contribution in [-0.2, 0) is 4.74 Å². The third-order valence-electron chi connectivity index (χ3n) is 3.17. The summed E-state index contributed by atoms with van der Waals surface area (Å²) in [6.45, 7) is 5.49. The molecule has 1 saturated carbocycles. The molecule has 0 spiro atoms. The van der Waals surface area contributed by atoms with Crippen LogP contribution in [0.4, 0.5) is 0 Å². The van der Waals surface area contributed by atoms with Crippen LogP contribution in [0.3, 0.4) is 0 Å². The molecule has 0 radical (unpaired) electrons. The van der Waals surface area contributed by atoms with Gasteiger partial charge in [0, 0.05) is 12.1 Å². The van der Waals surface area contributed by atoms with E-state index in [0.29, 0.717) is 18.2 Å². The van der Waals surface area contributed by atoms with Gasteiger partial charge in [0.15, 0.2) is 0 Å². The Morgan fingerprint density at radius 2 is 2.23 bits per heavy atom. The topological polar surface area (TPSA) is 21.3 Å². The van der Waals surface area contributed by atoms with Gasteiger partial charge >= 0.3 is 0 Å². The van der Waals surface area contributed by atoms with Crippen LogP contribution >= 0.6 is 0 Å². The van der Waals surface area contributed by atoms with Gasteiger partial charge in [-0.05, 0) is 31.6 Å². The predicted molar refractivity (Wildman–Crippen MR) is 53.8 cm³/mol. The van der Waals surface area contributed by atoms with Crippen LogP contribution < -0.4 is 5.32 Å². The van der Waals surface area contributed by atoms with Gasteiger partial charge in [-0.25, -0.2) is 0 Å². The molecule has 2 heteroatoms. The second-order valence-electron chi connectivity index (χ2n) is 4.90. The van der Waals surface area contributed by atoms with Crippen molar-refractivity contribution in [3.63, 3.8) is 0 Å². The van der Waals surface area contributed by atoms with Crippen molar-refractivity contribution >= 4 is 0 Å². The Labute approximate surface area is 81.0 Å². The third kappa shape index (κ3) is 2.23. The van der Waals surface area contributed by atoms with E-state index in [-0.39, 0.29) is 0 Å². The molecule has 1 heterocycles. The summed E-state index contributed by atoms with van der Waals surface area (Å²) in [5.74, 6) is 0.777. The Morgan fingerprint density at radius 3 is 3.00 bits per heavy atom. The van der Waals surface area contributed by atoms with Gasteiger partial charge in [0.05, 0.1) is 12.7 Å². The van der Waals surface area contributed by atoms with Crippen LogP contribution in [0.15, 0.2) is 0 Å². The maximum atomic E-state index is 5.85. The van der Waals surface area contributed by atoms with Crippen LogP contribution in [0.2, 0.25) is 0 Å². The van der Waals surface area contributed by atoms with Gasteiger partial charge in [0.1, 0.15) is 0 Å². The molecule has 1 aliphatic heterocycles. The fourth-order valence-corrected chi connectivity index (χ4v) is 2.61. The van der Waals surface area contributed by atoms with Gasteiger partial charge in [-0.3, -0.25) is 0 Å².